The topological polar surface area (TPSA) is 55.8 Å². The first-order valence-corrected chi connectivity index (χ1v) is 7.84. The van der Waals surface area contributed by atoms with Crippen LogP contribution in [0.25, 0.3) is 0 Å². The van der Waals surface area contributed by atoms with Crippen LogP contribution in [0.4, 0.5) is 4.79 Å². The Morgan fingerprint density at radius 1 is 1.50 bits per heavy atom. The van der Waals surface area contributed by atoms with E-state index in [1.165, 1.54) is 4.90 Å². The standard InChI is InChI=1S/C14H20INO4/c1-8-11-9(10(15)7-19-8)5-6-16(12(11)17)13(18)20-14(2,3)4/h7-9,11H,5-6H2,1-4H3/t8-,9-,11+/m1/s1. The van der Waals surface area contributed by atoms with Crippen molar-refractivity contribution >= 4 is 34.6 Å². The number of allylic oxidation sites excluding steroid dienone is 1. The molecule has 6 heteroatoms. The number of carbonyl (C=O) groups excluding carboxylic acids is 2. The van der Waals surface area contributed by atoms with Crippen molar-refractivity contribution < 1.29 is 19.1 Å². The van der Waals surface area contributed by atoms with E-state index in [0.717, 1.165) is 10.0 Å². The third-order valence-electron chi connectivity index (χ3n) is 3.52. The lowest BCUT2D eigenvalue weighted by atomic mass is 9.80. The summed E-state index contributed by atoms with van der Waals surface area (Å²) in [6.07, 6.45) is 1.72. The Kier molecular flexibility index (Phi) is 4.32. The van der Waals surface area contributed by atoms with Gasteiger partial charge in [0, 0.05) is 16.0 Å². The molecule has 1 fully saturated rings. The molecule has 0 spiro atoms. The second-order valence-corrected chi connectivity index (χ2v) is 7.48. The second-order valence-electron chi connectivity index (χ2n) is 6.24. The predicted molar refractivity (Wildman–Crippen MR) is 82.2 cm³/mol. The predicted octanol–water partition coefficient (Wildman–Crippen LogP) is 3.08. The highest BCUT2D eigenvalue weighted by Gasteiger charge is 2.46. The molecule has 0 aliphatic carbocycles. The van der Waals surface area contributed by atoms with Crippen molar-refractivity contribution in [1.29, 1.82) is 0 Å². The Morgan fingerprint density at radius 3 is 2.75 bits per heavy atom. The van der Waals surface area contributed by atoms with E-state index >= 15 is 0 Å². The fraction of sp³-hybridized carbons (Fsp3) is 0.714. The number of piperidine rings is 1. The van der Waals surface area contributed by atoms with Crippen LogP contribution < -0.4 is 0 Å². The van der Waals surface area contributed by atoms with Crippen LogP contribution >= 0.6 is 22.6 Å². The van der Waals surface area contributed by atoms with Crippen LogP contribution in [0.5, 0.6) is 0 Å². The summed E-state index contributed by atoms with van der Waals surface area (Å²) in [6.45, 7) is 7.65. The molecule has 0 bridgehead atoms. The van der Waals surface area contributed by atoms with Crippen LogP contribution in [0.15, 0.2) is 9.84 Å². The zero-order valence-electron chi connectivity index (χ0n) is 12.2. The highest BCUT2D eigenvalue weighted by molar-refractivity contribution is 14.1. The van der Waals surface area contributed by atoms with Crippen molar-refractivity contribution in [1.82, 2.24) is 4.90 Å². The normalized spacial score (nSPS) is 30.2. The van der Waals surface area contributed by atoms with E-state index in [2.05, 4.69) is 22.6 Å². The molecule has 5 nitrogen and oxygen atoms in total. The van der Waals surface area contributed by atoms with E-state index in [4.69, 9.17) is 9.47 Å². The highest BCUT2D eigenvalue weighted by atomic mass is 127. The number of hydrogen-bond donors (Lipinski definition) is 0. The highest BCUT2D eigenvalue weighted by Crippen LogP contribution is 2.40. The molecule has 2 amide bonds. The van der Waals surface area contributed by atoms with Crippen molar-refractivity contribution in [2.75, 3.05) is 6.54 Å². The van der Waals surface area contributed by atoms with Crippen LogP contribution in [0, 0.1) is 11.8 Å². The first-order valence-electron chi connectivity index (χ1n) is 6.76. The average Bonchev–Trinajstić information content (AvgIpc) is 2.31. The Bertz CT molecular complexity index is 455. The quantitative estimate of drug-likeness (QED) is 0.594. The van der Waals surface area contributed by atoms with E-state index in [1.54, 1.807) is 27.0 Å². The number of hydrogen-bond acceptors (Lipinski definition) is 4. The van der Waals surface area contributed by atoms with Crippen molar-refractivity contribution in [3.8, 4) is 0 Å². The molecule has 2 heterocycles. The lowest BCUT2D eigenvalue weighted by molar-refractivity contribution is -0.145. The van der Waals surface area contributed by atoms with Gasteiger partial charge in [0.15, 0.2) is 0 Å². The van der Waals surface area contributed by atoms with Crippen LogP contribution in [0.1, 0.15) is 34.1 Å². The van der Waals surface area contributed by atoms with E-state index in [0.29, 0.717) is 6.54 Å². The van der Waals surface area contributed by atoms with Gasteiger partial charge in [-0.05, 0) is 56.7 Å². The zero-order chi connectivity index (χ0) is 15.1. The Morgan fingerprint density at radius 2 is 2.15 bits per heavy atom. The molecule has 2 aliphatic heterocycles. The van der Waals surface area contributed by atoms with Gasteiger partial charge >= 0.3 is 6.09 Å². The molecule has 2 rings (SSSR count). The maximum Gasteiger partial charge on any atom is 0.417 e. The third-order valence-corrected chi connectivity index (χ3v) is 4.57. The lowest BCUT2D eigenvalue weighted by Crippen LogP contribution is -2.54. The van der Waals surface area contributed by atoms with Crippen molar-refractivity contribution in [2.45, 2.75) is 45.8 Å². The average molecular weight is 393 g/mol. The van der Waals surface area contributed by atoms with Gasteiger partial charge < -0.3 is 9.47 Å². The van der Waals surface area contributed by atoms with E-state index in [1.807, 2.05) is 6.92 Å². The summed E-state index contributed by atoms with van der Waals surface area (Å²) in [7, 11) is 0. The van der Waals surface area contributed by atoms with Gasteiger partial charge in [-0.1, -0.05) is 0 Å². The maximum atomic E-state index is 12.6. The number of fused-ring (bicyclic) bond motifs is 1. The molecule has 2 aliphatic rings. The number of amides is 2. The summed E-state index contributed by atoms with van der Waals surface area (Å²) in [5.41, 5.74) is -0.600. The first kappa shape index (κ1) is 15.6. The first-order chi connectivity index (χ1) is 9.20. The molecule has 112 valence electrons. The van der Waals surface area contributed by atoms with Gasteiger partial charge in [0.2, 0.25) is 5.91 Å². The SMILES string of the molecule is C[C@H]1OC=C(I)[C@H]2CCN(C(=O)OC(C)(C)C)C(=O)[C@H]21. The molecule has 1 saturated heterocycles. The molecule has 20 heavy (non-hydrogen) atoms. The number of rotatable bonds is 0. The van der Waals surface area contributed by atoms with Gasteiger partial charge in [-0.15, -0.1) is 0 Å². The number of halogens is 1. The van der Waals surface area contributed by atoms with Gasteiger partial charge in [0.05, 0.1) is 12.2 Å². The second kappa shape index (κ2) is 5.54. The van der Waals surface area contributed by atoms with Crippen molar-refractivity contribution in [2.24, 2.45) is 11.8 Å². The third kappa shape index (κ3) is 3.10. The minimum absolute atomic E-state index is 0.158. The number of carbonyl (C=O) groups is 2. The van der Waals surface area contributed by atoms with Gasteiger partial charge in [0.25, 0.3) is 0 Å². The smallest absolute Gasteiger partial charge is 0.417 e. The van der Waals surface area contributed by atoms with E-state index in [-0.39, 0.29) is 23.8 Å². The van der Waals surface area contributed by atoms with Crippen LogP contribution in [0.2, 0.25) is 0 Å². The summed E-state index contributed by atoms with van der Waals surface area (Å²) < 4.78 is 11.8. The molecular formula is C14H20INO4. The van der Waals surface area contributed by atoms with Crippen molar-refractivity contribution in [3.05, 3.63) is 9.84 Å². The summed E-state index contributed by atoms with van der Waals surface area (Å²) in [6, 6.07) is 0. The van der Waals surface area contributed by atoms with E-state index < -0.39 is 11.7 Å². The largest absolute Gasteiger partial charge is 0.497 e. The van der Waals surface area contributed by atoms with Gasteiger partial charge in [-0.2, -0.15) is 0 Å². The fourth-order valence-corrected chi connectivity index (χ4v) is 3.44. The monoisotopic (exact) mass is 393 g/mol. The van der Waals surface area contributed by atoms with Crippen molar-refractivity contribution in [3.63, 3.8) is 0 Å². The summed E-state index contributed by atoms with van der Waals surface area (Å²) >= 11 is 2.21. The Labute approximate surface area is 132 Å². The van der Waals surface area contributed by atoms with Crippen LogP contribution in [-0.4, -0.2) is 35.2 Å². The van der Waals surface area contributed by atoms with Crippen LogP contribution in [0.3, 0.4) is 0 Å². The Balaban J connectivity index is 2.15. The molecule has 0 aromatic heterocycles. The molecule has 0 aromatic carbocycles. The summed E-state index contributed by atoms with van der Waals surface area (Å²) in [4.78, 5) is 25.9. The minimum Gasteiger partial charge on any atom is -0.497 e. The zero-order valence-corrected chi connectivity index (χ0v) is 14.3. The molecular weight excluding hydrogens is 373 g/mol. The number of likely N-dealkylation sites (tertiary alicyclic amines) is 1. The van der Waals surface area contributed by atoms with Gasteiger partial charge in [0.1, 0.15) is 11.7 Å². The molecule has 3 atom stereocenters. The Hall–Kier alpha value is -0.790. The minimum atomic E-state index is -0.600. The number of imide groups is 1. The summed E-state index contributed by atoms with van der Waals surface area (Å²) in [5.74, 6) is -0.330. The van der Waals surface area contributed by atoms with Gasteiger partial charge in [-0.25, -0.2) is 9.69 Å². The lowest BCUT2D eigenvalue weighted by Gasteiger charge is -2.41. The maximum absolute atomic E-state index is 12.6. The van der Waals surface area contributed by atoms with Crippen LogP contribution in [-0.2, 0) is 14.3 Å². The molecule has 0 radical (unpaired) electrons. The molecule has 0 unspecified atom stereocenters. The molecule has 0 aromatic rings. The molecule has 0 N–H and O–H groups in total. The molecule has 0 saturated carbocycles. The number of ether oxygens (including phenoxy) is 2. The van der Waals surface area contributed by atoms with Gasteiger partial charge in [-0.3, -0.25) is 4.79 Å². The summed E-state index contributed by atoms with van der Waals surface area (Å²) in [5, 5.41) is 0. The fourth-order valence-electron chi connectivity index (χ4n) is 2.59. The van der Waals surface area contributed by atoms with E-state index in [9.17, 15) is 9.59 Å². The number of nitrogens with zero attached hydrogens (tertiary/aromatic N) is 1.